The lowest BCUT2D eigenvalue weighted by Gasteiger charge is -2.03. The summed E-state index contributed by atoms with van der Waals surface area (Å²) in [6, 6.07) is 11.6. The summed E-state index contributed by atoms with van der Waals surface area (Å²) < 4.78 is 1.09. The highest BCUT2D eigenvalue weighted by molar-refractivity contribution is 14.1. The Hall–Kier alpha value is -0.940. The molecule has 0 aliphatic carbocycles. The molecule has 16 heavy (non-hydrogen) atoms. The molecule has 0 aliphatic heterocycles. The first-order valence-corrected chi connectivity index (χ1v) is 6.22. The summed E-state index contributed by atoms with van der Waals surface area (Å²) in [6.07, 6.45) is 0. The molecule has 4 heteroatoms. The van der Waals surface area contributed by atoms with E-state index in [9.17, 15) is 0 Å². The molecule has 0 amide bonds. The molecule has 0 bridgehead atoms. The van der Waals surface area contributed by atoms with Gasteiger partial charge in [-0.1, -0.05) is 23.7 Å². The van der Waals surface area contributed by atoms with Crippen LogP contribution in [-0.2, 0) is 0 Å². The SMILES string of the molecule is Clc1cccc2nc3cccc(I)c3nc12. The van der Waals surface area contributed by atoms with E-state index in [0.29, 0.717) is 5.02 Å². The molecule has 1 aromatic heterocycles. The zero-order valence-corrected chi connectivity index (χ0v) is 11.0. The van der Waals surface area contributed by atoms with Crippen LogP contribution in [0.3, 0.4) is 0 Å². The number of hydrogen-bond acceptors (Lipinski definition) is 2. The van der Waals surface area contributed by atoms with Gasteiger partial charge in [-0.2, -0.15) is 0 Å². The van der Waals surface area contributed by atoms with Gasteiger partial charge in [0.25, 0.3) is 0 Å². The number of para-hydroxylation sites is 2. The van der Waals surface area contributed by atoms with E-state index in [-0.39, 0.29) is 0 Å². The molecule has 0 N–H and O–H groups in total. The van der Waals surface area contributed by atoms with Crippen LogP contribution in [0.2, 0.25) is 5.02 Å². The molecular weight excluding hydrogens is 335 g/mol. The summed E-state index contributed by atoms with van der Waals surface area (Å²) in [5.41, 5.74) is 3.41. The molecule has 0 radical (unpaired) electrons. The molecule has 3 aromatic rings. The van der Waals surface area contributed by atoms with Crippen LogP contribution in [0.4, 0.5) is 0 Å². The van der Waals surface area contributed by atoms with Crippen molar-refractivity contribution in [2.45, 2.75) is 0 Å². The largest absolute Gasteiger partial charge is 0.244 e. The minimum atomic E-state index is 0.645. The van der Waals surface area contributed by atoms with Crippen LogP contribution in [0, 0.1) is 3.57 Å². The number of benzene rings is 2. The third kappa shape index (κ3) is 1.55. The zero-order chi connectivity index (χ0) is 11.1. The number of fused-ring (bicyclic) bond motifs is 2. The molecule has 0 fully saturated rings. The Morgan fingerprint density at radius 3 is 2.38 bits per heavy atom. The molecule has 3 rings (SSSR count). The Labute approximate surface area is 111 Å². The lowest BCUT2D eigenvalue weighted by Crippen LogP contribution is -1.89. The molecule has 2 aromatic carbocycles. The van der Waals surface area contributed by atoms with Crippen LogP contribution < -0.4 is 0 Å². The number of rotatable bonds is 0. The summed E-state index contributed by atoms with van der Waals surface area (Å²) in [7, 11) is 0. The average Bonchev–Trinajstić information content (AvgIpc) is 2.28. The molecule has 0 saturated carbocycles. The second kappa shape index (κ2) is 3.82. The van der Waals surface area contributed by atoms with E-state index in [0.717, 1.165) is 25.6 Å². The summed E-state index contributed by atoms with van der Waals surface area (Å²) in [5, 5.41) is 0.645. The van der Waals surface area contributed by atoms with E-state index in [1.807, 2.05) is 36.4 Å². The lowest BCUT2D eigenvalue weighted by molar-refractivity contribution is 1.38. The minimum Gasteiger partial charge on any atom is -0.244 e. The monoisotopic (exact) mass is 340 g/mol. The number of halogens is 2. The maximum Gasteiger partial charge on any atom is 0.108 e. The van der Waals surface area contributed by atoms with E-state index in [2.05, 4.69) is 32.6 Å². The van der Waals surface area contributed by atoms with Crippen LogP contribution in [-0.4, -0.2) is 9.97 Å². The van der Waals surface area contributed by atoms with Gasteiger partial charge in [0.15, 0.2) is 0 Å². The highest BCUT2D eigenvalue weighted by atomic mass is 127. The van der Waals surface area contributed by atoms with Crippen LogP contribution in [0.25, 0.3) is 22.1 Å². The van der Waals surface area contributed by atoms with Crippen molar-refractivity contribution in [2.24, 2.45) is 0 Å². The summed E-state index contributed by atoms with van der Waals surface area (Å²) in [5.74, 6) is 0. The van der Waals surface area contributed by atoms with E-state index >= 15 is 0 Å². The van der Waals surface area contributed by atoms with Crippen LogP contribution in [0.1, 0.15) is 0 Å². The quantitative estimate of drug-likeness (QED) is 0.456. The fourth-order valence-corrected chi connectivity index (χ4v) is 2.47. The third-order valence-electron chi connectivity index (χ3n) is 2.40. The standard InChI is InChI=1S/C12H6ClIN2/c13-7-3-1-5-9-11(7)16-12-8(14)4-2-6-10(12)15-9/h1-6H. The van der Waals surface area contributed by atoms with Gasteiger partial charge in [0.05, 0.1) is 16.1 Å². The van der Waals surface area contributed by atoms with Crippen molar-refractivity contribution < 1.29 is 0 Å². The Morgan fingerprint density at radius 1 is 0.875 bits per heavy atom. The van der Waals surface area contributed by atoms with Crippen LogP contribution in [0.15, 0.2) is 36.4 Å². The number of nitrogens with zero attached hydrogens (tertiary/aromatic N) is 2. The van der Waals surface area contributed by atoms with Gasteiger partial charge < -0.3 is 0 Å². The molecular formula is C12H6ClIN2. The first-order valence-electron chi connectivity index (χ1n) is 4.76. The van der Waals surface area contributed by atoms with Gasteiger partial charge in [0, 0.05) is 3.57 Å². The molecule has 0 spiro atoms. The van der Waals surface area contributed by atoms with Gasteiger partial charge in [-0.15, -0.1) is 0 Å². The Bertz CT molecular complexity index is 640. The van der Waals surface area contributed by atoms with Gasteiger partial charge in [0.2, 0.25) is 0 Å². The molecule has 0 saturated heterocycles. The number of hydrogen-bond donors (Lipinski definition) is 0. The molecule has 0 atom stereocenters. The van der Waals surface area contributed by atoms with Gasteiger partial charge in [-0.3, -0.25) is 0 Å². The van der Waals surface area contributed by atoms with E-state index in [1.54, 1.807) is 0 Å². The molecule has 0 aliphatic rings. The van der Waals surface area contributed by atoms with Gasteiger partial charge in [0.1, 0.15) is 11.0 Å². The van der Waals surface area contributed by atoms with E-state index in [1.165, 1.54) is 0 Å². The van der Waals surface area contributed by atoms with Gasteiger partial charge in [-0.25, -0.2) is 9.97 Å². The first-order chi connectivity index (χ1) is 7.75. The highest BCUT2D eigenvalue weighted by Crippen LogP contribution is 2.24. The topological polar surface area (TPSA) is 25.8 Å². The summed E-state index contributed by atoms with van der Waals surface area (Å²) in [6.45, 7) is 0. The maximum absolute atomic E-state index is 6.10. The van der Waals surface area contributed by atoms with E-state index in [4.69, 9.17) is 11.6 Å². The maximum atomic E-state index is 6.10. The summed E-state index contributed by atoms with van der Waals surface area (Å²) in [4.78, 5) is 9.12. The van der Waals surface area contributed by atoms with Crippen molar-refractivity contribution in [1.82, 2.24) is 9.97 Å². The zero-order valence-electron chi connectivity index (χ0n) is 8.11. The Balaban J connectivity index is 2.55. The average molecular weight is 341 g/mol. The Morgan fingerprint density at radius 2 is 1.56 bits per heavy atom. The van der Waals surface area contributed by atoms with Crippen molar-refractivity contribution in [2.75, 3.05) is 0 Å². The normalized spacial score (nSPS) is 11.1. The van der Waals surface area contributed by atoms with Crippen LogP contribution in [0.5, 0.6) is 0 Å². The Kier molecular flexibility index (Phi) is 2.44. The van der Waals surface area contributed by atoms with Crippen molar-refractivity contribution in [3.05, 3.63) is 45.0 Å². The molecule has 1 heterocycles. The number of aromatic nitrogens is 2. The molecule has 0 unspecified atom stereocenters. The fourth-order valence-electron chi connectivity index (χ4n) is 1.65. The second-order valence-electron chi connectivity index (χ2n) is 3.44. The highest BCUT2D eigenvalue weighted by Gasteiger charge is 2.06. The molecule has 2 nitrogen and oxygen atoms in total. The van der Waals surface area contributed by atoms with Crippen molar-refractivity contribution in [3.8, 4) is 0 Å². The van der Waals surface area contributed by atoms with Crippen molar-refractivity contribution >= 4 is 56.3 Å². The summed E-state index contributed by atoms with van der Waals surface area (Å²) >= 11 is 8.36. The second-order valence-corrected chi connectivity index (χ2v) is 5.01. The van der Waals surface area contributed by atoms with Crippen molar-refractivity contribution in [1.29, 1.82) is 0 Å². The minimum absolute atomic E-state index is 0.645. The van der Waals surface area contributed by atoms with E-state index < -0.39 is 0 Å². The smallest absolute Gasteiger partial charge is 0.108 e. The predicted octanol–water partition coefficient (Wildman–Crippen LogP) is 4.04. The predicted molar refractivity (Wildman–Crippen MR) is 74.8 cm³/mol. The lowest BCUT2D eigenvalue weighted by atomic mass is 10.2. The van der Waals surface area contributed by atoms with Gasteiger partial charge in [-0.05, 0) is 46.9 Å². The fraction of sp³-hybridized carbons (Fsp3) is 0. The van der Waals surface area contributed by atoms with Crippen molar-refractivity contribution in [3.63, 3.8) is 0 Å². The molecule has 78 valence electrons. The first kappa shape index (κ1) is 10.2. The van der Waals surface area contributed by atoms with Crippen LogP contribution >= 0.6 is 34.2 Å². The van der Waals surface area contributed by atoms with Gasteiger partial charge >= 0.3 is 0 Å². The third-order valence-corrected chi connectivity index (χ3v) is 3.57.